The van der Waals surface area contributed by atoms with Crippen LogP contribution in [-0.4, -0.2) is 23.5 Å². The van der Waals surface area contributed by atoms with E-state index in [-0.39, 0.29) is 5.97 Å². The highest BCUT2D eigenvalue weighted by Gasteiger charge is 2.29. The molecular formula is C9H15NO2S. The van der Waals surface area contributed by atoms with Crippen LogP contribution >= 0.6 is 11.8 Å². The van der Waals surface area contributed by atoms with Crippen LogP contribution < -0.4 is 0 Å². The standard InChI is InChI=1S/C9H15NO2S/c1-4-9(2,3)7(11)12-8-10-5-6-13-8/h4-6H2,1-3H3. The number of thioether (sulfide) groups is 1. The summed E-state index contributed by atoms with van der Waals surface area (Å²) in [4.78, 5) is 15.6. The van der Waals surface area contributed by atoms with Gasteiger partial charge in [-0.05, 0) is 20.3 Å². The first-order chi connectivity index (χ1) is 6.06. The monoisotopic (exact) mass is 201 g/mol. The molecule has 0 aromatic carbocycles. The highest BCUT2D eigenvalue weighted by atomic mass is 32.2. The van der Waals surface area contributed by atoms with Crippen molar-refractivity contribution in [2.75, 3.05) is 12.3 Å². The largest absolute Gasteiger partial charge is 0.401 e. The van der Waals surface area contributed by atoms with Crippen molar-refractivity contribution in [3.8, 4) is 0 Å². The molecule has 74 valence electrons. The third-order valence-electron chi connectivity index (χ3n) is 2.17. The molecule has 4 heteroatoms. The molecule has 13 heavy (non-hydrogen) atoms. The number of carbonyl (C=O) groups excluding carboxylic acids is 1. The average Bonchev–Trinajstić information content (AvgIpc) is 2.57. The first kappa shape index (κ1) is 10.6. The van der Waals surface area contributed by atoms with Gasteiger partial charge in [-0.3, -0.25) is 4.79 Å². The lowest BCUT2D eigenvalue weighted by Gasteiger charge is -2.19. The molecule has 0 radical (unpaired) electrons. The normalized spacial score (nSPS) is 17.0. The molecule has 0 unspecified atom stereocenters. The maximum atomic E-state index is 11.5. The number of aliphatic imine (C=N–C) groups is 1. The van der Waals surface area contributed by atoms with Gasteiger partial charge >= 0.3 is 5.97 Å². The quantitative estimate of drug-likeness (QED) is 0.642. The summed E-state index contributed by atoms with van der Waals surface area (Å²) in [5.41, 5.74) is -0.397. The molecule has 1 rings (SSSR count). The number of ether oxygens (including phenoxy) is 1. The Bertz CT molecular complexity index is 236. The SMILES string of the molecule is CCC(C)(C)C(=O)OC1=NCCS1. The molecule has 0 atom stereocenters. The average molecular weight is 201 g/mol. The van der Waals surface area contributed by atoms with E-state index in [4.69, 9.17) is 4.74 Å². The zero-order valence-electron chi connectivity index (χ0n) is 8.29. The van der Waals surface area contributed by atoms with E-state index >= 15 is 0 Å². The van der Waals surface area contributed by atoms with Gasteiger partial charge in [0.25, 0.3) is 5.23 Å². The van der Waals surface area contributed by atoms with Crippen molar-refractivity contribution in [2.24, 2.45) is 10.4 Å². The zero-order chi connectivity index (χ0) is 9.90. The first-order valence-corrected chi connectivity index (χ1v) is 5.44. The highest BCUT2D eigenvalue weighted by Crippen LogP contribution is 2.24. The fourth-order valence-electron chi connectivity index (χ4n) is 0.739. The molecule has 0 saturated carbocycles. The van der Waals surface area contributed by atoms with Crippen LogP contribution in [0.2, 0.25) is 0 Å². The minimum absolute atomic E-state index is 0.178. The second-order valence-electron chi connectivity index (χ2n) is 3.62. The summed E-state index contributed by atoms with van der Waals surface area (Å²) in [5, 5.41) is 0.534. The molecule has 1 aliphatic heterocycles. The molecule has 0 fully saturated rings. The van der Waals surface area contributed by atoms with Crippen molar-refractivity contribution in [3.63, 3.8) is 0 Å². The number of esters is 1. The Kier molecular flexibility index (Phi) is 3.36. The van der Waals surface area contributed by atoms with Gasteiger partial charge in [-0.2, -0.15) is 0 Å². The summed E-state index contributed by atoms with van der Waals surface area (Å²) < 4.78 is 5.14. The second-order valence-corrected chi connectivity index (χ2v) is 4.67. The summed E-state index contributed by atoms with van der Waals surface area (Å²) in [7, 11) is 0. The summed E-state index contributed by atoms with van der Waals surface area (Å²) in [5.74, 6) is 0.748. The molecule has 3 nitrogen and oxygen atoms in total. The lowest BCUT2D eigenvalue weighted by atomic mass is 9.91. The Morgan fingerprint density at radius 1 is 1.69 bits per heavy atom. The van der Waals surface area contributed by atoms with E-state index in [1.807, 2.05) is 20.8 Å². The molecule has 0 spiro atoms. The zero-order valence-corrected chi connectivity index (χ0v) is 9.11. The van der Waals surface area contributed by atoms with Crippen molar-refractivity contribution >= 4 is 23.0 Å². The molecule has 0 saturated heterocycles. The van der Waals surface area contributed by atoms with Gasteiger partial charge in [-0.25, -0.2) is 4.99 Å². The third-order valence-corrected chi connectivity index (χ3v) is 3.02. The van der Waals surface area contributed by atoms with Crippen molar-refractivity contribution < 1.29 is 9.53 Å². The smallest absolute Gasteiger partial charge is 0.318 e. The van der Waals surface area contributed by atoms with E-state index in [1.54, 1.807) is 0 Å². The van der Waals surface area contributed by atoms with Crippen LogP contribution in [0, 0.1) is 5.41 Å². The van der Waals surface area contributed by atoms with Crippen LogP contribution in [0.5, 0.6) is 0 Å². The van der Waals surface area contributed by atoms with Crippen LogP contribution in [0.4, 0.5) is 0 Å². The minimum Gasteiger partial charge on any atom is -0.401 e. The first-order valence-electron chi connectivity index (χ1n) is 4.46. The van der Waals surface area contributed by atoms with Gasteiger partial charge in [0.05, 0.1) is 12.0 Å². The lowest BCUT2D eigenvalue weighted by Crippen LogP contribution is -2.27. The number of hydrogen-bond donors (Lipinski definition) is 0. The molecule has 0 bridgehead atoms. The molecule has 1 heterocycles. The minimum atomic E-state index is -0.397. The fraction of sp³-hybridized carbons (Fsp3) is 0.778. The Hall–Kier alpha value is -0.510. The van der Waals surface area contributed by atoms with Gasteiger partial charge in [0.2, 0.25) is 0 Å². The summed E-state index contributed by atoms with van der Waals surface area (Å²) in [6.07, 6.45) is 0.782. The number of rotatable bonds is 2. The predicted molar refractivity (Wildman–Crippen MR) is 54.9 cm³/mol. The van der Waals surface area contributed by atoms with Crippen molar-refractivity contribution in [1.29, 1.82) is 0 Å². The molecule has 0 aromatic rings. The van der Waals surface area contributed by atoms with E-state index < -0.39 is 5.41 Å². The third kappa shape index (κ3) is 2.72. The van der Waals surface area contributed by atoms with Gasteiger partial charge in [0.15, 0.2) is 0 Å². The fourth-order valence-corrected chi connectivity index (χ4v) is 1.41. The van der Waals surface area contributed by atoms with Crippen LogP contribution in [0.1, 0.15) is 27.2 Å². The Labute approximate surface area is 82.9 Å². The maximum Gasteiger partial charge on any atom is 0.318 e. The number of hydrogen-bond acceptors (Lipinski definition) is 4. The van der Waals surface area contributed by atoms with Crippen LogP contribution in [0.15, 0.2) is 4.99 Å². The summed E-state index contributed by atoms with van der Waals surface area (Å²) in [6.45, 7) is 6.51. The van der Waals surface area contributed by atoms with Crippen LogP contribution in [-0.2, 0) is 9.53 Å². The number of carbonyl (C=O) groups is 1. The molecule has 0 aromatic heterocycles. The Morgan fingerprint density at radius 2 is 2.38 bits per heavy atom. The predicted octanol–water partition coefficient (Wildman–Crippen LogP) is 2.07. The molecule has 0 N–H and O–H groups in total. The molecule has 0 amide bonds. The van der Waals surface area contributed by atoms with Gasteiger partial charge in [0.1, 0.15) is 0 Å². The maximum absolute atomic E-state index is 11.5. The van der Waals surface area contributed by atoms with Crippen LogP contribution in [0.3, 0.4) is 0 Å². The topological polar surface area (TPSA) is 38.7 Å². The Balaban J connectivity index is 2.49. The number of nitrogens with zero attached hydrogens (tertiary/aromatic N) is 1. The summed E-state index contributed by atoms with van der Waals surface area (Å²) >= 11 is 1.50. The van der Waals surface area contributed by atoms with Gasteiger partial charge < -0.3 is 4.74 Å². The van der Waals surface area contributed by atoms with Gasteiger partial charge in [-0.1, -0.05) is 18.7 Å². The van der Waals surface area contributed by atoms with Gasteiger partial charge in [0, 0.05) is 5.75 Å². The van der Waals surface area contributed by atoms with E-state index in [0.29, 0.717) is 5.23 Å². The van der Waals surface area contributed by atoms with Crippen LogP contribution in [0.25, 0.3) is 0 Å². The van der Waals surface area contributed by atoms with E-state index in [2.05, 4.69) is 4.99 Å². The van der Waals surface area contributed by atoms with Crippen molar-refractivity contribution in [2.45, 2.75) is 27.2 Å². The van der Waals surface area contributed by atoms with Crippen molar-refractivity contribution in [1.82, 2.24) is 0 Å². The van der Waals surface area contributed by atoms with E-state index in [0.717, 1.165) is 18.7 Å². The lowest BCUT2D eigenvalue weighted by molar-refractivity contribution is -0.145. The van der Waals surface area contributed by atoms with E-state index in [9.17, 15) is 4.79 Å². The molecular weight excluding hydrogens is 186 g/mol. The summed E-state index contributed by atoms with van der Waals surface area (Å²) in [6, 6.07) is 0. The van der Waals surface area contributed by atoms with E-state index in [1.165, 1.54) is 11.8 Å². The van der Waals surface area contributed by atoms with Gasteiger partial charge in [-0.15, -0.1) is 0 Å². The molecule has 1 aliphatic rings. The second kappa shape index (κ2) is 4.13. The van der Waals surface area contributed by atoms with Crippen molar-refractivity contribution in [3.05, 3.63) is 0 Å². The molecule has 0 aliphatic carbocycles. The highest BCUT2D eigenvalue weighted by molar-refractivity contribution is 8.13. The Morgan fingerprint density at radius 3 is 2.85 bits per heavy atom.